The van der Waals surface area contributed by atoms with Gasteiger partial charge in [-0.1, -0.05) is 12.1 Å². The first kappa shape index (κ1) is 18.2. The summed E-state index contributed by atoms with van der Waals surface area (Å²) >= 11 is 1.72. The summed E-state index contributed by atoms with van der Waals surface area (Å²) < 4.78 is 5.70. The third-order valence-electron chi connectivity index (χ3n) is 3.61. The number of nitrogens with two attached hydrogens (primary N) is 1. The van der Waals surface area contributed by atoms with Gasteiger partial charge in [0.15, 0.2) is 0 Å². The first-order valence-corrected chi connectivity index (χ1v) is 9.32. The van der Waals surface area contributed by atoms with Crippen molar-refractivity contribution < 1.29 is 9.53 Å². The lowest BCUT2D eigenvalue weighted by molar-refractivity contribution is -0.116. The maximum absolute atomic E-state index is 11.9. The quantitative estimate of drug-likeness (QED) is 0.397. The third kappa shape index (κ3) is 6.16. The van der Waals surface area contributed by atoms with E-state index in [1.807, 2.05) is 30.3 Å². The molecule has 0 aliphatic carbocycles. The van der Waals surface area contributed by atoms with Crippen LogP contribution in [0.4, 0.5) is 11.4 Å². The van der Waals surface area contributed by atoms with Crippen LogP contribution in [0.25, 0.3) is 0 Å². The van der Waals surface area contributed by atoms with E-state index in [1.165, 1.54) is 4.90 Å². The Hall–Kier alpha value is -2.14. The van der Waals surface area contributed by atoms with Crippen LogP contribution in [-0.4, -0.2) is 18.8 Å². The number of para-hydroxylation sites is 2. The third-order valence-corrected chi connectivity index (χ3v) is 4.35. The molecule has 2 rings (SSSR count). The molecule has 2 aromatic rings. The Labute approximate surface area is 147 Å². The van der Waals surface area contributed by atoms with Gasteiger partial charge in [-0.2, -0.15) is 0 Å². The zero-order valence-corrected chi connectivity index (χ0v) is 14.8. The van der Waals surface area contributed by atoms with E-state index in [4.69, 9.17) is 10.5 Å². The van der Waals surface area contributed by atoms with E-state index >= 15 is 0 Å². The largest absolute Gasteiger partial charge is 0.494 e. The van der Waals surface area contributed by atoms with Crippen molar-refractivity contribution in [3.8, 4) is 5.75 Å². The van der Waals surface area contributed by atoms with Crippen LogP contribution >= 0.6 is 11.8 Å². The number of ether oxygens (including phenoxy) is 1. The average molecular weight is 344 g/mol. The first-order chi connectivity index (χ1) is 11.7. The number of unbranched alkanes of at least 4 members (excludes halogenated alkanes) is 2. The number of benzene rings is 2. The van der Waals surface area contributed by atoms with Gasteiger partial charge in [0.2, 0.25) is 5.91 Å². The van der Waals surface area contributed by atoms with Crippen molar-refractivity contribution in [2.75, 3.05) is 23.9 Å². The molecule has 0 aliphatic rings. The van der Waals surface area contributed by atoms with Gasteiger partial charge in [0, 0.05) is 11.3 Å². The number of hydrogen-bond donors (Lipinski definition) is 2. The van der Waals surface area contributed by atoms with Crippen molar-refractivity contribution in [2.45, 2.75) is 30.6 Å². The number of thioether (sulfide) groups is 1. The summed E-state index contributed by atoms with van der Waals surface area (Å²) in [6, 6.07) is 15.4. The number of nitrogens with one attached hydrogen (secondary N) is 1. The van der Waals surface area contributed by atoms with Gasteiger partial charge in [-0.05, 0) is 61.9 Å². The molecule has 0 atom stereocenters. The Bertz CT molecular complexity index is 644. The molecule has 0 bridgehead atoms. The fourth-order valence-electron chi connectivity index (χ4n) is 2.25. The average Bonchev–Trinajstić information content (AvgIpc) is 2.60. The van der Waals surface area contributed by atoms with E-state index in [-0.39, 0.29) is 5.91 Å². The number of anilines is 2. The van der Waals surface area contributed by atoms with Crippen LogP contribution in [0.5, 0.6) is 5.75 Å². The Kier molecular flexibility index (Phi) is 7.49. The minimum Gasteiger partial charge on any atom is -0.494 e. The highest BCUT2D eigenvalue weighted by Crippen LogP contribution is 2.19. The molecule has 3 N–H and O–H groups in total. The van der Waals surface area contributed by atoms with Gasteiger partial charge in [0.1, 0.15) is 5.75 Å². The number of rotatable bonds is 9. The predicted molar refractivity (Wildman–Crippen MR) is 102 cm³/mol. The van der Waals surface area contributed by atoms with Crippen molar-refractivity contribution >= 4 is 29.0 Å². The smallest absolute Gasteiger partial charge is 0.224 e. The molecule has 24 heavy (non-hydrogen) atoms. The van der Waals surface area contributed by atoms with Gasteiger partial charge in [-0.15, -0.1) is 11.8 Å². The second kappa shape index (κ2) is 9.88. The summed E-state index contributed by atoms with van der Waals surface area (Å²) in [7, 11) is 0. The molecule has 4 nitrogen and oxygen atoms in total. The lowest BCUT2D eigenvalue weighted by Gasteiger charge is -2.08. The van der Waals surface area contributed by atoms with Gasteiger partial charge in [-0.25, -0.2) is 0 Å². The molecule has 2 aromatic carbocycles. The highest BCUT2D eigenvalue weighted by molar-refractivity contribution is 7.98. The van der Waals surface area contributed by atoms with E-state index in [9.17, 15) is 4.79 Å². The Balaban J connectivity index is 1.57. The second-order valence-corrected chi connectivity index (χ2v) is 6.35. The fourth-order valence-corrected chi connectivity index (χ4v) is 2.66. The SMILES string of the molecule is CSc1ccc(OCCCCCC(=O)Nc2ccccc2N)cc1. The summed E-state index contributed by atoms with van der Waals surface area (Å²) in [6.07, 6.45) is 5.29. The highest BCUT2D eigenvalue weighted by atomic mass is 32.2. The Morgan fingerprint density at radius 3 is 2.54 bits per heavy atom. The maximum Gasteiger partial charge on any atom is 0.224 e. The van der Waals surface area contributed by atoms with Crippen LogP contribution in [0.3, 0.4) is 0 Å². The van der Waals surface area contributed by atoms with Crippen LogP contribution < -0.4 is 15.8 Å². The molecule has 5 heteroatoms. The van der Waals surface area contributed by atoms with Crippen LogP contribution in [0.1, 0.15) is 25.7 Å². The lowest BCUT2D eigenvalue weighted by Crippen LogP contribution is -2.12. The second-order valence-electron chi connectivity index (χ2n) is 5.47. The minimum absolute atomic E-state index is 0.00136. The van der Waals surface area contributed by atoms with Crippen LogP contribution in [0.15, 0.2) is 53.4 Å². The van der Waals surface area contributed by atoms with E-state index in [0.29, 0.717) is 24.4 Å². The van der Waals surface area contributed by atoms with E-state index in [0.717, 1.165) is 25.0 Å². The molecule has 0 saturated heterocycles. The summed E-state index contributed by atoms with van der Waals surface area (Å²) in [5, 5.41) is 2.84. The van der Waals surface area contributed by atoms with Gasteiger partial charge >= 0.3 is 0 Å². The van der Waals surface area contributed by atoms with Crippen molar-refractivity contribution in [1.29, 1.82) is 0 Å². The van der Waals surface area contributed by atoms with Crippen molar-refractivity contribution in [2.24, 2.45) is 0 Å². The number of carbonyl (C=O) groups is 1. The van der Waals surface area contributed by atoms with Gasteiger partial charge < -0.3 is 15.8 Å². The van der Waals surface area contributed by atoms with Crippen molar-refractivity contribution in [1.82, 2.24) is 0 Å². The highest BCUT2D eigenvalue weighted by Gasteiger charge is 2.04. The molecular formula is C19H24N2O2S. The molecule has 0 aliphatic heterocycles. The van der Waals surface area contributed by atoms with E-state index in [2.05, 4.69) is 23.7 Å². The molecule has 0 unspecified atom stereocenters. The number of hydrogen-bond acceptors (Lipinski definition) is 4. The van der Waals surface area contributed by atoms with Crippen LogP contribution in [0, 0.1) is 0 Å². The van der Waals surface area contributed by atoms with Crippen LogP contribution in [-0.2, 0) is 4.79 Å². The maximum atomic E-state index is 11.9. The van der Waals surface area contributed by atoms with Crippen molar-refractivity contribution in [3.63, 3.8) is 0 Å². The van der Waals surface area contributed by atoms with Crippen LogP contribution in [0.2, 0.25) is 0 Å². The monoisotopic (exact) mass is 344 g/mol. The molecule has 0 radical (unpaired) electrons. The molecule has 0 spiro atoms. The summed E-state index contributed by atoms with van der Waals surface area (Å²) in [5.41, 5.74) is 7.07. The summed E-state index contributed by atoms with van der Waals surface area (Å²) in [4.78, 5) is 13.1. The van der Waals surface area contributed by atoms with E-state index < -0.39 is 0 Å². The Morgan fingerprint density at radius 2 is 1.83 bits per heavy atom. The zero-order valence-electron chi connectivity index (χ0n) is 14.0. The van der Waals surface area contributed by atoms with Gasteiger partial charge in [0.25, 0.3) is 0 Å². The summed E-state index contributed by atoms with van der Waals surface area (Å²) in [6.45, 7) is 0.672. The van der Waals surface area contributed by atoms with E-state index in [1.54, 1.807) is 17.8 Å². The molecule has 128 valence electrons. The molecular weight excluding hydrogens is 320 g/mol. The molecule has 0 heterocycles. The topological polar surface area (TPSA) is 64.3 Å². The minimum atomic E-state index is 0.00136. The molecule has 0 fully saturated rings. The first-order valence-electron chi connectivity index (χ1n) is 8.10. The normalized spacial score (nSPS) is 10.4. The summed E-state index contributed by atoms with van der Waals surface area (Å²) in [5.74, 6) is 0.895. The Morgan fingerprint density at radius 1 is 1.08 bits per heavy atom. The van der Waals surface area contributed by atoms with Crippen molar-refractivity contribution in [3.05, 3.63) is 48.5 Å². The van der Waals surface area contributed by atoms with Gasteiger partial charge in [-0.3, -0.25) is 4.79 Å². The lowest BCUT2D eigenvalue weighted by atomic mass is 10.2. The number of amides is 1. The molecule has 1 amide bonds. The van der Waals surface area contributed by atoms with Gasteiger partial charge in [0.05, 0.1) is 18.0 Å². The number of nitrogen functional groups attached to an aromatic ring is 1. The fraction of sp³-hybridized carbons (Fsp3) is 0.316. The number of carbonyl (C=O) groups excluding carboxylic acids is 1. The molecule has 0 saturated carbocycles. The predicted octanol–water partition coefficient (Wildman–Crippen LogP) is 4.57. The molecule has 0 aromatic heterocycles. The standard InChI is InChI=1S/C19H24N2O2S/c1-24-16-12-10-15(11-13-16)23-14-6-2-3-9-19(22)21-18-8-5-4-7-17(18)20/h4-5,7-8,10-13H,2-3,6,9,14,20H2,1H3,(H,21,22). The zero-order chi connectivity index (χ0) is 17.2.